The molecule has 17 heteroatoms. The van der Waals surface area contributed by atoms with E-state index in [4.69, 9.17) is 30.2 Å². The van der Waals surface area contributed by atoms with Crippen LogP contribution in [0.1, 0.15) is 59.9 Å². The second kappa shape index (κ2) is 19.5. The van der Waals surface area contributed by atoms with Crippen molar-refractivity contribution in [2.24, 2.45) is 0 Å². The molecule has 5 rings (SSSR count). The van der Waals surface area contributed by atoms with Crippen LogP contribution in [0.25, 0.3) is 21.9 Å². The molecule has 3 N–H and O–H groups in total. The highest BCUT2D eigenvalue weighted by Crippen LogP contribution is 2.38. The van der Waals surface area contributed by atoms with E-state index in [-0.39, 0.29) is 59.9 Å². The number of hydrogen-bond acceptors (Lipinski definition) is 11. The molecule has 14 nitrogen and oxygen atoms in total. The van der Waals surface area contributed by atoms with Gasteiger partial charge >= 0.3 is 17.8 Å². The Kier molecular flexibility index (Phi) is 14.8. The van der Waals surface area contributed by atoms with Gasteiger partial charge in [-0.15, -0.1) is 0 Å². The Hall–Kier alpha value is -5.74. The molecule has 0 atom stereocenters. The first-order valence-corrected chi connectivity index (χ1v) is 20.4. The first-order valence-electron chi connectivity index (χ1n) is 19.2. The Morgan fingerprint density at radius 2 is 1.57 bits per heavy atom. The maximum atomic E-state index is 14.2. The van der Waals surface area contributed by atoms with Crippen molar-refractivity contribution in [1.82, 2.24) is 20.1 Å². The first-order chi connectivity index (χ1) is 28.3. The lowest BCUT2D eigenvalue weighted by Crippen LogP contribution is -2.40. The van der Waals surface area contributed by atoms with Crippen molar-refractivity contribution < 1.29 is 42.5 Å². The number of pyridine rings is 1. The first kappa shape index (κ1) is 45.3. The third-order valence-corrected chi connectivity index (χ3v) is 9.80. The summed E-state index contributed by atoms with van der Waals surface area (Å²) in [5, 5.41) is 17.3. The molecule has 0 saturated heterocycles. The number of hydrogen-bond donors (Lipinski definition) is 3. The third kappa shape index (κ3) is 12.6. The number of nitrogens with one attached hydrogen (secondary N) is 2. The van der Waals surface area contributed by atoms with Crippen LogP contribution in [0, 0.1) is 5.82 Å². The van der Waals surface area contributed by atoms with Crippen LogP contribution in [0.5, 0.6) is 11.5 Å². The SMILES string of the molecule is CC(C)(C)OC(=O)NCCCN(CCCNC(=O)COc1ccc2c3oc(=O)c(Sc4cccc(Cl)c4)c(O)c3c(=O)n(Cc3ccc(F)cc3)c2c1)C(=O)OC(C)(C)C. The Morgan fingerprint density at radius 3 is 2.22 bits per heavy atom. The van der Waals surface area contributed by atoms with E-state index in [1.54, 1.807) is 71.9 Å². The molecule has 5 aromatic rings. The summed E-state index contributed by atoms with van der Waals surface area (Å²) in [5.41, 5.74) is -2.24. The van der Waals surface area contributed by atoms with Crippen LogP contribution in [0.4, 0.5) is 14.0 Å². The molecule has 2 aromatic heterocycles. The molecule has 0 aliphatic rings. The highest BCUT2D eigenvalue weighted by molar-refractivity contribution is 7.99. The molecule has 2 heterocycles. The molecule has 3 aromatic carbocycles. The molecule has 0 saturated carbocycles. The number of amides is 3. The molecule has 0 bridgehead atoms. The van der Waals surface area contributed by atoms with Crippen LogP contribution < -0.4 is 26.6 Å². The third-order valence-electron chi connectivity index (χ3n) is 8.51. The largest absolute Gasteiger partial charge is 0.505 e. The van der Waals surface area contributed by atoms with Gasteiger partial charge in [-0.2, -0.15) is 0 Å². The zero-order valence-electron chi connectivity index (χ0n) is 34.2. The quantitative estimate of drug-likeness (QED) is 0.0690. The van der Waals surface area contributed by atoms with Gasteiger partial charge in [0.2, 0.25) is 0 Å². The minimum absolute atomic E-state index is 0.0502. The van der Waals surface area contributed by atoms with E-state index in [9.17, 15) is 33.5 Å². The summed E-state index contributed by atoms with van der Waals surface area (Å²) in [7, 11) is 0. The van der Waals surface area contributed by atoms with Gasteiger partial charge in [-0.25, -0.2) is 18.8 Å². The lowest BCUT2D eigenvalue weighted by molar-refractivity contribution is -0.123. The van der Waals surface area contributed by atoms with Crippen molar-refractivity contribution in [3.8, 4) is 11.5 Å². The van der Waals surface area contributed by atoms with E-state index in [2.05, 4.69) is 10.6 Å². The summed E-state index contributed by atoms with van der Waals surface area (Å²) in [4.78, 5) is 67.1. The molecule has 0 unspecified atom stereocenters. The Bertz CT molecular complexity index is 2480. The number of aromatic hydroxyl groups is 1. The summed E-state index contributed by atoms with van der Waals surface area (Å²) in [5.74, 6) is -1.27. The zero-order chi connectivity index (χ0) is 43.8. The van der Waals surface area contributed by atoms with Crippen molar-refractivity contribution in [3.63, 3.8) is 0 Å². The number of fused-ring (bicyclic) bond motifs is 3. The minimum Gasteiger partial charge on any atom is -0.505 e. The zero-order valence-corrected chi connectivity index (χ0v) is 35.8. The highest BCUT2D eigenvalue weighted by atomic mass is 35.5. The predicted octanol–water partition coefficient (Wildman–Crippen LogP) is 7.84. The van der Waals surface area contributed by atoms with E-state index in [1.165, 1.54) is 45.9 Å². The Morgan fingerprint density at radius 1 is 0.900 bits per heavy atom. The molecular formula is C43H48ClFN4O10S. The molecule has 0 radical (unpaired) electrons. The summed E-state index contributed by atoms with van der Waals surface area (Å²) in [6.45, 7) is 11.2. The highest BCUT2D eigenvalue weighted by Gasteiger charge is 2.25. The molecule has 0 aliphatic carbocycles. The van der Waals surface area contributed by atoms with E-state index in [0.717, 1.165) is 11.8 Å². The van der Waals surface area contributed by atoms with Crippen molar-refractivity contribution in [2.75, 3.05) is 32.8 Å². The number of aromatic nitrogens is 1. The number of carbonyl (C=O) groups excluding carboxylic acids is 3. The van der Waals surface area contributed by atoms with Crippen molar-refractivity contribution in [1.29, 1.82) is 0 Å². The van der Waals surface area contributed by atoms with Crippen LogP contribution in [-0.2, 0) is 20.8 Å². The van der Waals surface area contributed by atoms with Gasteiger partial charge in [-0.3, -0.25) is 9.59 Å². The van der Waals surface area contributed by atoms with Gasteiger partial charge in [-0.05, 0) is 102 Å². The van der Waals surface area contributed by atoms with Gasteiger partial charge in [-0.1, -0.05) is 41.6 Å². The second-order valence-corrected chi connectivity index (χ2v) is 17.3. The monoisotopic (exact) mass is 866 g/mol. The molecule has 0 aliphatic heterocycles. The number of halogens is 2. The fraction of sp³-hybridized carbons (Fsp3) is 0.372. The molecule has 0 spiro atoms. The maximum absolute atomic E-state index is 14.2. The van der Waals surface area contributed by atoms with Gasteiger partial charge in [0.1, 0.15) is 33.1 Å². The lowest BCUT2D eigenvalue weighted by atomic mass is 10.1. The van der Waals surface area contributed by atoms with Crippen molar-refractivity contribution in [2.45, 2.75) is 81.9 Å². The number of alkyl carbamates (subject to hydrolysis) is 1. The van der Waals surface area contributed by atoms with Gasteiger partial charge in [0, 0.05) is 47.5 Å². The predicted molar refractivity (Wildman–Crippen MR) is 227 cm³/mol. The average Bonchev–Trinajstić information content (AvgIpc) is 3.15. The standard InChI is InChI=1S/C43H48ClFN4O10S/c1-42(2,3)58-40(54)47-19-9-21-48(41(55)59-43(4,5)6)20-8-18-46-33(50)25-56-29-16-17-31-32(23-29)49(24-26-12-14-28(45)15-13-26)38(52)34-35(51)37(39(53)57-36(31)34)60-30-11-7-10-27(44)22-30/h7,10-17,22-23,51H,8-9,18-21,24-25H2,1-6H3,(H,46,50)(H,47,54). The molecule has 3 amide bonds. The molecule has 60 heavy (non-hydrogen) atoms. The number of benzene rings is 3. The van der Waals surface area contributed by atoms with Gasteiger partial charge < -0.3 is 43.8 Å². The van der Waals surface area contributed by atoms with Crippen LogP contribution in [-0.4, -0.2) is 76.7 Å². The number of carbonyl (C=O) groups is 3. The van der Waals surface area contributed by atoms with Crippen molar-refractivity contribution in [3.05, 3.63) is 104 Å². The summed E-state index contributed by atoms with van der Waals surface area (Å²) in [6.07, 6.45) is -0.251. The fourth-order valence-corrected chi connectivity index (χ4v) is 7.06. The van der Waals surface area contributed by atoms with Gasteiger partial charge in [0.05, 0.1) is 12.1 Å². The van der Waals surface area contributed by atoms with E-state index < -0.39 is 58.7 Å². The normalized spacial score (nSPS) is 11.7. The summed E-state index contributed by atoms with van der Waals surface area (Å²) < 4.78 is 37.5. The molecule has 320 valence electrons. The van der Waals surface area contributed by atoms with E-state index in [0.29, 0.717) is 33.7 Å². The van der Waals surface area contributed by atoms with Gasteiger partial charge in [0.25, 0.3) is 11.5 Å². The molecule has 0 fully saturated rings. The number of rotatable bonds is 15. The lowest BCUT2D eigenvalue weighted by Gasteiger charge is -2.27. The van der Waals surface area contributed by atoms with Gasteiger partial charge in [0.15, 0.2) is 17.9 Å². The second-order valence-electron chi connectivity index (χ2n) is 15.8. The number of ether oxygens (including phenoxy) is 3. The van der Waals surface area contributed by atoms with Crippen LogP contribution in [0.15, 0.2) is 90.5 Å². The van der Waals surface area contributed by atoms with E-state index >= 15 is 0 Å². The van der Waals surface area contributed by atoms with Crippen molar-refractivity contribution >= 4 is 63.3 Å². The summed E-state index contributed by atoms with van der Waals surface area (Å²) >= 11 is 7.02. The maximum Gasteiger partial charge on any atom is 0.410 e. The van der Waals surface area contributed by atoms with E-state index in [1.807, 2.05) is 0 Å². The Balaban J connectivity index is 1.29. The Labute approximate surface area is 354 Å². The molecular weight excluding hydrogens is 819 g/mol. The fourth-order valence-electron chi connectivity index (χ4n) is 5.92. The topological polar surface area (TPSA) is 179 Å². The van der Waals surface area contributed by atoms with Crippen LogP contribution in [0.2, 0.25) is 5.02 Å². The summed E-state index contributed by atoms with van der Waals surface area (Å²) in [6, 6.07) is 16.8. The average molecular weight is 867 g/mol. The van der Waals surface area contributed by atoms with Crippen LogP contribution >= 0.6 is 23.4 Å². The smallest absolute Gasteiger partial charge is 0.410 e. The van der Waals surface area contributed by atoms with Crippen LogP contribution in [0.3, 0.4) is 0 Å². The number of nitrogens with zero attached hydrogens (tertiary/aromatic N) is 2. The minimum atomic E-state index is -0.872.